The topological polar surface area (TPSA) is 55.0 Å². The molecule has 4 nitrogen and oxygen atoms in total. The minimum atomic E-state index is 0.406. The Labute approximate surface area is 117 Å². The number of thiophene rings is 1. The first kappa shape index (κ1) is 12.8. The van der Waals surface area contributed by atoms with E-state index < -0.39 is 0 Å². The van der Waals surface area contributed by atoms with Crippen LogP contribution in [0.25, 0.3) is 10.2 Å². The molecule has 1 aliphatic rings. The second-order valence-corrected chi connectivity index (χ2v) is 6.35. The van der Waals surface area contributed by atoms with Crippen molar-refractivity contribution in [2.45, 2.75) is 32.2 Å². The van der Waals surface area contributed by atoms with E-state index in [0.29, 0.717) is 12.6 Å². The summed E-state index contributed by atoms with van der Waals surface area (Å²) in [7, 11) is 2.11. The number of aryl methyl sites for hydroxylation is 1. The van der Waals surface area contributed by atoms with Gasteiger partial charge in [0.2, 0.25) is 0 Å². The third-order valence-electron chi connectivity index (χ3n) is 3.95. The Balaban J connectivity index is 2.00. The standard InChI is InChI=1S/C14H20N4S/c1-3-10-6-11-13(16-8-17-14(11)19-10)18(2)12(7-15)9-4-5-9/h6,8-9,12H,3-5,7,15H2,1-2H3. The van der Waals surface area contributed by atoms with Crippen LogP contribution >= 0.6 is 11.3 Å². The Kier molecular flexibility index (Phi) is 3.41. The lowest BCUT2D eigenvalue weighted by molar-refractivity contribution is 0.567. The van der Waals surface area contributed by atoms with Gasteiger partial charge in [0, 0.05) is 24.5 Å². The Morgan fingerprint density at radius 3 is 2.89 bits per heavy atom. The first-order valence-corrected chi connectivity index (χ1v) is 7.72. The van der Waals surface area contributed by atoms with Gasteiger partial charge in [-0.25, -0.2) is 9.97 Å². The number of hydrogen-bond donors (Lipinski definition) is 1. The molecule has 19 heavy (non-hydrogen) atoms. The lowest BCUT2D eigenvalue weighted by Gasteiger charge is -2.28. The molecule has 1 saturated carbocycles. The predicted molar refractivity (Wildman–Crippen MR) is 80.8 cm³/mol. The molecule has 0 bridgehead atoms. The molecule has 0 saturated heterocycles. The van der Waals surface area contributed by atoms with Gasteiger partial charge in [-0.1, -0.05) is 6.92 Å². The molecule has 2 heterocycles. The van der Waals surface area contributed by atoms with Crippen molar-refractivity contribution < 1.29 is 0 Å². The third kappa shape index (κ3) is 2.32. The summed E-state index contributed by atoms with van der Waals surface area (Å²) in [4.78, 5) is 13.6. The fraction of sp³-hybridized carbons (Fsp3) is 0.571. The average Bonchev–Trinajstić information content (AvgIpc) is 3.16. The van der Waals surface area contributed by atoms with Gasteiger partial charge >= 0.3 is 0 Å². The Bertz CT molecular complexity index is 576. The van der Waals surface area contributed by atoms with Crippen molar-refractivity contribution in [1.82, 2.24) is 9.97 Å². The molecule has 1 aliphatic carbocycles. The first-order valence-electron chi connectivity index (χ1n) is 6.91. The summed E-state index contributed by atoms with van der Waals surface area (Å²) in [5.41, 5.74) is 5.94. The second kappa shape index (κ2) is 5.06. The van der Waals surface area contributed by atoms with Crippen LogP contribution in [0.5, 0.6) is 0 Å². The summed E-state index contributed by atoms with van der Waals surface area (Å²) in [6.07, 6.45) is 5.31. The molecule has 0 radical (unpaired) electrons. The van der Waals surface area contributed by atoms with Gasteiger partial charge in [0.25, 0.3) is 0 Å². The van der Waals surface area contributed by atoms with E-state index >= 15 is 0 Å². The van der Waals surface area contributed by atoms with Crippen LogP contribution in [0.2, 0.25) is 0 Å². The Morgan fingerprint density at radius 1 is 1.47 bits per heavy atom. The molecule has 2 N–H and O–H groups in total. The summed E-state index contributed by atoms with van der Waals surface area (Å²) in [5.74, 6) is 1.77. The van der Waals surface area contributed by atoms with E-state index in [4.69, 9.17) is 5.73 Å². The zero-order valence-corrected chi connectivity index (χ0v) is 12.3. The highest BCUT2D eigenvalue weighted by Crippen LogP contribution is 2.38. The van der Waals surface area contributed by atoms with Crippen molar-refractivity contribution in [1.29, 1.82) is 0 Å². The zero-order chi connectivity index (χ0) is 13.4. The fourth-order valence-corrected chi connectivity index (χ4v) is 3.58. The minimum Gasteiger partial charge on any atom is -0.355 e. The minimum absolute atomic E-state index is 0.406. The zero-order valence-electron chi connectivity index (χ0n) is 11.5. The molecule has 1 fully saturated rings. The highest BCUT2D eigenvalue weighted by Gasteiger charge is 2.34. The van der Waals surface area contributed by atoms with Crippen LogP contribution in [0.15, 0.2) is 12.4 Å². The van der Waals surface area contributed by atoms with Crippen LogP contribution in [0.1, 0.15) is 24.6 Å². The van der Waals surface area contributed by atoms with Gasteiger partial charge < -0.3 is 10.6 Å². The predicted octanol–water partition coefficient (Wildman–Crippen LogP) is 2.43. The van der Waals surface area contributed by atoms with E-state index in [1.165, 1.54) is 23.1 Å². The SMILES string of the molecule is CCc1cc2c(N(C)C(CN)C3CC3)ncnc2s1. The van der Waals surface area contributed by atoms with E-state index in [1.807, 2.05) is 0 Å². The van der Waals surface area contributed by atoms with E-state index in [1.54, 1.807) is 17.7 Å². The number of rotatable bonds is 5. The van der Waals surface area contributed by atoms with Crippen LogP contribution in [-0.2, 0) is 6.42 Å². The maximum atomic E-state index is 5.94. The monoisotopic (exact) mass is 276 g/mol. The number of fused-ring (bicyclic) bond motifs is 1. The van der Waals surface area contributed by atoms with Gasteiger partial charge in [-0.2, -0.15) is 0 Å². The molecule has 0 amide bonds. The van der Waals surface area contributed by atoms with E-state index in [9.17, 15) is 0 Å². The molecule has 2 aromatic heterocycles. The molecule has 5 heteroatoms. The molecule has 1 atom stereocenters. The summed E-state index contributed by atoms with van der Waals surface area (Å²) in [5, 5.41) is 1.17. The average molecular weight is 276 g/mol. The molecule has 0 aliphatic heterocycles. The van der Waals surface area contributed by atoms with Gasteiger partial charge in [0.1, 0.15) is 17.0 Å². The van der Waals surface area contributed by atoms with Gasteiger partial charge in [-0.3, -0.25) is 0 Å². The summed E-state index contributed by atoms with van der Waals surface area (Å²) >= 11 is 1.76. The highest BCUT2D eigenvalue weighted by molar-refractivity contribution is 7.18. The van der Waals surface area contributed by atoms with Gasteiger partial charge in [0.05, 0.1) is 5.39 Å². The van der Waals surface area contributed by atoms with Gasteiger partial charge in [-0.15, -0.1) is 11.3 Å². The van der Waals surface area contributed by atoms with Crippen LogP contribution in [-0.4, -0.2) is 29.6 Å². The largest absolute Gasteiger partial charge is 0.355 e. The molecule has 3 rings (SSSR count). The normalized spacial score (nSPS) is 16.8. The fourth-order valence-electron chi connectivity index (χ4n) is 2.65. The van der Waals surface area contributed by atoms with Gasteiger partial charge in [-0.05, 0) is 31.2 Å². The van der Waals surface area contributed by atoms with E-state index in [-0.39, 0.29) is 0 Å². The second-order valence-electron chi connectivity index (χ2n) is 5.23. The Hall–Kier alpha value is -1.20. The van der Waals surface area contributed by atoms with E-state index in [0.717, 1.165) is 23.0 Å². The van der Waals surface area contributed by atoms with Crippen molar-refractivity contribution in [3.63, 3.8) is 0 Å². The lowest BCUT2D eigenvalue weighted by atomic mass is 10.1. The maximum Gasteiger partial charge on any atom is 0.140 e. The molecule has 0 spiro atoms. The quantitative estimate of drug-likeness (QED) is 0.911. The van der Waals surface area contributed by atoms with Crippen LogP contribution in [0.3, 0.4) is 0 Å². The summed E-state index contributed by atoms with van der Waals surface area (Å²) in [6, 6.07) is 2.63. The van der Waals surface area contributed by atoms with Crippen LogP contribution in [0.4, 0.5) is 5.82 Å². The number of nitrogens with two attached hydrogens (primary N) is 1. The molecule has 1 unspecified atom stereocenters. The van der Waals surface area contributed by atoms with Gasteiger partial charge in [0.15, 0.2) is 0 Å². The number of likely N-dealkylation sites (N-methyl/N-ethyl adjacent to an activating group) is 1. The number of anilines is 1. The smallest absolute Gasteiger partial charge is 0.140 e. The van der Waals surface area contributed by atoms with Crippen molar-refractivity contribution in [2.75, 3.05) is 18.5 Å². The third-order valence-corrected chi connectivity index (χ3v) is 5.13. The lowest BCUT2D eigenvalue weighted by Crippen LogP contribution is -2.40. The molecule has 0 aromatic carbocycles. The molecule has 102 valence electrons. The van der Waals surface area contributed by atoms with Crippen molar-refractivity contribution in [2.24, 2.45) is 11.7 Å². The highest BCUT2D eigenvalue weighted by atomic mass is 32.1. The van der Waals surface area contributed by atoms with Crippen molar-refractivity contribution in [3.8, 4) is 0 Å². The van der Waals surface area contributed by atoms with Crippen LogP contribution < -0.4 is 10.6 Å². The Morgan fingerprint density at radius 2 is 2.26 bits per heavy atom. The summed E-state index contributed by atoms with van der Waals surface area (Å²) < 4.78 is 0. The number of hydrogen-bond acceptors (Lipinski definition) is 5. The van der Waals surface area contributed by atoms with E-state index in [2.05, 4.69) is 34.9 Å². The maximum absolute atomic E-state index is 5.94. The van der Waals surface area contributed by atoms with Crippen molar-refractivity contribution in [3.05, 3.63) is 17.3 Å². The first-order chi connectivity index (χ1) is 9.24. The van der Waals surface area contributed by atoms with Crippen LogP contribution in [0, 0.1) is 5.92 Å². The number of nitrogens with zero attached hydrogens (tertiary/aromatic N) is 3. The van der Waals surface area contributed by atoms with Crippen molar-refractivity contribution >= 4 is 27.4 Å². The molecular formula is C14H20N4S. The molecule has 2 aromatic rings. The summed E-state index contributed by atoms with van der Waals surface area (Å²) in [6.45, 7) is 2.87. The molecular weight excluding hydrogens is 256 g/mol. The number of aromatic nitrogens is 2.